The van der Waals surface area contributed by atoms with E-state index in [-0.39, 0.29) is 5.69 Å². The number of benzene rings is 2. The Kier molecular flexibility index (Phi) is 5.72. The van der Waals surface area contributed by atoms with Crippen LogP contribution >= 0.6 is 0 Å². The monoisotopic (exact) mass is 381 g/mol. The molecule has 6 nitrogen and oxygen atoms in total. The van der Waals surface area contributed by atoms with Gasteiger partial charge in [-0.25, -0.2) is 0 Å². The molecule has 0 bridgehead atoms. The molecule has 2 aromatic carbocycles. The van der Waals surface area contributed by atoms with Crippen LogP contribution in [0.1, 0.15) is 23.6 Å². The Morgan fingerprint density at radius 1 is 1.11 bits per heavy atom. The van der Waals surface area contributed by atoms with Crippen LogP contribution in [0.4, 0.5) is 30.2 Å². The number of nitro benzene ring substituents is 1. The fraction of sp³-hybridized carbons (Fsp3) is 0.278. The number of amides is 1. The highest BCUT2D eigenvalue weighted by molar-refractivity contribution is 5.96. The summed E-state index contributed by atoms with van der Waals surface area (Å²) in [6.45, 7) is 5.20. The van der Waals surface area contributed by atoms with E-state index in [1.165, 1.54) is 6.92 Å². The van der Waals surface area contributed by atoms with Crippen LogP contribution in [0.15, 0.2) is 36.4 Å². The third-order valence-electron chi connectivity index (χ3n) is 3.78. The maximum Gasteiger partial charge on any atom is 0.416 e. The number of alkyl halides is 3. The van der Waals surface area contributed by atoms with Crippen LogP contribution in [0.25, 0.3) is 0 Å². The van der Waals surface area contributed by atoms with Gasteiger partial charge >= 0.3 is 6.18 Å². The fourth-order valence-corrected chi connectivity index (χ4v) is 2.58. The number of aryl methyl sites for hydroxylation is 2. The lowest BCUT2D eigenvalue weighted by Crippen LogP contribution is -2.32. The van der Waals surface area contributed by atoms with E-state index in [0.717, 1.165) is 23.3 Å². The SMILES string of the molecule is Cc1cc(C)cc(NC(=O)[C@H](C)Nc2ccc(C(F)(F)F)cc2[N+](=O)[O-])c1. The fourth-order valence-electron chi connectivity index (χ4n) is 2.58. The zero-order valence-electron chi connectivity index (χ0n) is 14.8. The predicted octanol–water partition coefficient (Wildman–Crippen LogP) is 4.67. The number of rotatable bonds is 5. The minimum absolute atomic E-state index is 0.170. The highest BCUT2D eigenvalue weighted by Gasteiger charge is 2.33. The van der Waals surface area contributed by atoms with Crippen molar-refractivity contribution in [3.63, 3.8) is 0 Å². The number of halogens is 3. The number of hydrogen-bond acceptors (Lipinski definition) is 4. The Morgan fingerprint density at radius 2 is 1.70 bits per heavy atom. The summed E-state index contributed by atoms with van der Waals surface area (Å²) in [7, 11) is 0. The van der Waals surface area contributed by atoms with Crippen molar-refractivity contribution in [2.45, 2.75) is 33.0 Å². The summed E-state index contributed by atoms with van der Waals surface area (Å²) < 4.78 is 38.3. The average molecular weight is 381 g/mol. The number of nitrogens with one attached hydrogen (secondary N) is 2. The number of nitrogens with zero attached hydrogens (tertiary/aromatic N) is 1. The van der Waals surface area contributed by atoms with Gasteiger partial charge in [0.1, 0.15) is 11.7 Å². The van der Waals surface area contributed by atoms with Gasteiger partial charge in [0.25, 0.3) is 5.69 Å². The number of carbonyl (C=O) groups is 1. The molecular weight excluding hydrogens is 363 g/mol. The maximum atomic E-state index is 12.8. The lowest BCUT2D eigenvalue weighted by molar-refractivity contribution is -0.384. The summed E-state index contributed by atoms with van der Waals surface area (Å²) in [5, 5.41) is 16.4. The van der Waals surface area contributed by atoms with E-state index in [0.29, 0.717) is 11.8 Å². The molecule has 0 aliphatic heterocycles. The van der Waals surface area contributed by atoms with Crippen molar-refractivity contribution in [2.75, 3.05) is 10.6 Å². The summed E-state index contributed by atoms with van der Waals surface area (Å²) in [6, 6.07) is 6.66. The Balaban J connectivity index is 2.20. The molecule has 27 heavy (non-hydrogen) atoms. The molecule has 0 aliphatic rings. The van der Waals surface area contributed by atoms with Crippen molar-refractivity contribution in [1.82, 2.24) is 0 Å². The molecule has 2 N–H and O–H groups in total. The molecule has 2 rings (SSSR count). The first-order valence-corrected chi connectivity index (χ1v) is 7.98. The Bertz CT molecular complexity index is 862. The molecule has 0 radical (unpaired) electrons. The summed E-state index contributed by atoms with van der Waals surface area (Å²) in [6.07, 6.45) is -4.70. The van der Waals surface area contributed by atoms with Crippen LogP contribution in [0.3, 0.4) is 0 Å². The highest BCUT2D eigenvalue weighted by atomic mass is 19.4. The van der Waals surface area contributed by atoms with Gasteiger partial charge in [0.15, 0.2) is 0 Å². The van der Waals surface area contributed by atoms with Gasteiger partial charge in [-0.3, -0.25) is 14.9 Å². The van der Waals surface area contributed by atoms with Crippen molar-refractivity contribution >= 4 is 23.0 Å². The van der Waals surface area contributed by atoms with Crippen LogP contribution in [-0.4, -0.2) is 16.9 Å². The summed E-state index contributed by atoms with van der Waals surface area (Å²) in [4.78, 5) is 22.5. The molecule has 0 saturated heterocycles. The Hall–Kier alpha value is -3.10. The van der Waals surface area contributed by atoms with Crippen molar-refractivity contribution in [2.24, 2.45) is 0 Å². The molecule has 0 fully saturated rings. The molecule has 0 spiro atoms. The van der Waals surface area contributed by atoms with Gasteiger partial charge in [0.05, 0.1) is 10.5 Å². The molecule has 1 amide bonds. The molecule has 0 unspecified atom stereocenters. The number of carbonyl (C=O) groups excluding carboxylic acids is 1. The normalized spacial score (nSPS) is 12.4. The standard InChI is InChI=1S/C18H18F3N3O3/c1-10-6-11(2)8-14(7-10)23-17(25)12(3)22-15-5-4-13(18(19,20)21)9-16(15)24(26)27/h4-9,12,22H,1-3H3,(H,23,25)/t12-/m0/s1. The number of anilines is 2. The molecule has 0 aliphatic carbocycles. The van der Waals surface area contributed by atoms with E-state index in [1.807, 2.05) is 19.9 Å². The van der Waals surface area contributed by atoms with Crippen LogP contribution in [-0.2, 0) is 11.0 Å². The second kappa shape index (κ2) is 7.65. The number of nitro groups is 1. The van der Waals surface area contributed by atoms with Crippen molar-refractivity contribution < 1.29 is 22.9 Å². The molecular formula is C18H18F3N3O3. The Labute approximate surface area is 153 Å². The smallest absolute Gasteiger partial charge is 0.368 e. The van der Waals surface area contributed by atoms with E-state index < -0.39 is 34.3 Å². The first kappa shape index (κ1) is 20.2. The molecule has 1 atom stereocenters. The second-order valence-corrected chi connectivity index (χ2v) is 6.22. The topological polar surface area (TPSA) is 84.3 Å². The van der Waals surface area contributed by atoms with Crippen molar-refractivity contribution in [3.05, 3.63) is 63.2 Å². The van der Waals surface area contributed by atoms with Gasteiger partial charge in [0, 0.05) is 11.8 Å². The minimum Gasteiger partial charge on any atom is -0.368 e. The molecule has 2 aromatic rings. The third-order valence-corrected chi connectivity index (χ3v) is 3.78. The lowest BCUT2D eigenvalue weighted by atomic mass is 10.1. The lowest BCUT2D eigenvalue weighted by Gasteiger charge is -2.16. The van der Waals surface area contributed by atoms with Crippen LogP contribution in [0.2, 0.25) is 0 Å². The minimum atomic E-state index is -4.70. The molecule has 0 saturated carbocycles. The van der Waals surface area contributed by atoms with E-state index in [9.17, 15) is 28.1 Å². The molecule has 0 heterocycles. The maximum absolute atomic E-state index is 12.8. The zero-order valence-corrected chi connectivity index (χ0v) is 14.8. The van der Waals surface area contributed by atoms with Gasteiger partial charge < -0.3 is 10.6 Å². The predicted molar refractivity (Wildman–Crippen MR) is 95.7 cm³/mol. The first-order chi connectivity index (χ1) is 12.5. The van der Waals surface area contributed by atoms with E-state index in [4.69, 9.17) is 0 Å². The van der Waals surface area contributed by atoms with Gasteiger partial charge in [-0.1, -0.05) is 6.07 Å². The van der Waals surface area contributed by atoms with Crippen LogP contribution < -0.4 is 10.6 Å². The highest BCUT2D eigenvalue weighted by Crippen LogP contribution is 2.35. The summed E-state index contributed by atoms with van der Waals surface area (Å²) in [5.41, 5.74) is 0.403. The molecule has 9 heteroatoms. The summed E-state index contributed by atoms with van der Waals surface area (Å²) >= 11 is 0. The Morgan fingerprint density at radius 3 is 2.22 bits per heavy atom. The third kappa shape index (κ3) is 5.19. The molecule has 144 valence electrons. The van der Waals surface area contributed by atoms with Crippen molar-refractivity contribution in [3.8, 4) is 0 Å². The van der Waals surface area contributed by atoms with E-state index >= 15 is 0 Å². The molecule has 0 aromatic heterocycles. The second-order valence-electron chi connectivity index (χ2n) is 6.22. The first-order valence-electron chi connectivity index (χ1n) is 7.98. The summed E-state index contributed by atoms with van der Waals surface area (Å²) in [5.74, 6) is -0.478. The van der Waals surface area contributed by atoms with Gasteiger partial charge in [-0.15, -0.1) is 0 Å². The zero-order chi connectivity index (χ0) is 20.4. The van der Waals surface area contributed by atoms with Crippen LogP contribution in [0, 0.1) is 24.0 Å². The van der Waals surface area contributed by atoms with Gasteiger partial charge in [0.2, 0.25) is 5.91 Å². The van der Waals surface area contributed by atoms with Crippen molar-refractivity contribution in [1.29, 1.82) is 0 Å². The van der Waals surface area contributed by atoms with Gasteiger partial charge in [-0.05, 0) is 56.2 Å². The van der Waals surface area contributed by atoms with Crippen LogP contribution in [0.5, 0.6) is 0 Å². The average Bonchev–Trinajstić information content (AvgIpc) is 2.52. The van der Waals surface area contributed by atoms with E-state index in [1.54, 1.807) is 12.1 Å². The van der Waals surface area contributed by atoms with Gasteiger partial charge in [-0.2, -0.15) is 13.2 Å². The number of hydrogen-bond donors (Lipinski definition) is 2. The largest absolute Gasteiger partial charge is 0.416 e. The van der Waals surface area contributed by atoms with E-state index in [2.05, 4.69) is 10.6 Å². The quantitative estimate of drug-likeness (QED) is 0.582.